The molecule has 1 aromatic rings. The van der Waals surface area contributed by atoms with Crippen LogP contribution in [0.15, 0.2) is 24.3 Å². The highest BCUT2D eigenvalue weighted by molar-refractivity contribution is 5.72. The minimum absolute atomic E-state index is 0.175. The van der Waals surface area contributed by atoms with Crippen molar-refractivity contribution in [2.45, 2.75) is 45.4 Å². The first-order chi connectivity index (χ1) is 8.76. The first kappa shape index (κ1) is 14.4. The Bertz CT molecular complexity index is 368. The summed E-state index contributed by atoms with van der Waals surface area (Å²) in [5, 5.41) is 0. The number of ether oxygens (including phenoxy) is 1. The number of aldehydes is 1. The number of carbonyl (C=O) groups is 2. The van der Waals surface area contributed by atoms with Gasteiger partial charge in [-0.05, 0) is 37.0 Å². The van der Waals surface area contributed by atoms with E-state index in [1.807, 2.05) is 19.1 Å². The fourth-order valence-corrected chi connectivity index (χ4v) is 1.62. The van der Waals surface area contributed by atoms with Gasteiger partial charge in [-0.15, -0.1) is 0 Å². The number of rotatable bonds is 8. The summed E-state index contributed by atoms with van der Waals surface area (Å²) in [6.45, 7) is 2.04. The Morgan fingerprint density at radius 3 is 2.56 bits per heavy atom. The van der Waals surface area contributed by atoms with Gasteiger partial charge in [-0.2, -0.15) is 0 Å². The van der Waals surface area contributed by atoms with Crippen molar-refractivity contribution in [3.05, 3.63) is 29.8 Å². The summed E-state index contributed by atoms with van der Waals surface area (Å²) < 4.78 is 5.20. The predicted molar refractivity (Wildman–Crippen MR) is 70.6 cm³/mol. The van der Waals surface area contributed by atoms with E-state index in [0.717, 1.165) is 37.5 Å². The summed E-state index contributed by atoms with van der Waals surface area (Å²) >= 11 is 0. The molecular weight excluding hydrogens is 228 g/mol. The molecule has 3 heteroatoms. The van der Waals surface area contributed by atoms with Crippen LogP contribution in [0.1, 0.15) is 44.6 Å². The maximum atomic E-state index is 11.4. The van der Waals surface area contributed by atoms with E-state index in [-0.39, 0.29) is 5.97 Å². The van der Waals surface area contributed by atoms with Gasteiger partial charge < -0.3 is 9.53 Å². The third-order valence-electron chi connectivity index (χ3n) is 2.68. The maximum Gasteiger partial charge on any atom is 0.311 e. The summed E-state index contributed by atoms with van der Waals surface area (Å²) in [5.74, 6) is 0.417. The molecule has 0 aliphatic heterocycles. The number of hydrogen-bond acceptors (Lipinski definition) is 3. The van der Waals surface area contributed by atoms with Gasteiger partial charge in [0.05, 0.1) is 0 Å². The average molecular weight is 248 g/mol. The molecule has 0 fully saturated rings. The molecule has 0 saturated carbocycles. The second-order valence-electron chi connectivity index (χ2n) is 4.28. The van der Waals surface area contributed by atoms with Gasteiger partial charge in [-0.3, -0.25) is 4.79 Å². The van der Waals surface area contributed by atoms with E-state index in [0.29, 0.717) is 18.6 Å². The topological polar surface area (TPSA) is 43.4 Å². The number of unbranched alkanes of at least 4 members (excludes halogenated alkanes) is 2. The predicted octanol–water partition coefficient (Wildman–Crippen LogP) is 3.30. The summed E-state index contributed by atoms with van der Waals surface area (Å²) in [7, 11) is 0. The number of benzene rings is 1. The van der Waals surface area contributed by atoms with E-state index in [1.54, 1.807) is 12.1 Å². The zero-order valence-corrected chi connectivity index (χ0v) is 10.9. The highest BCUT2D eigenvalue weighted by Crippen LogP contribution is 2.14. The van der Waals surface area contributed by atoms with Gasteiger partial charge in [0.1, 0.15) is 12.0 Å². The van der Waals surface area contributed by atoms with Gasteiger partial charge in [-0.25, -0.2) is 0 Å². The van der Waals surface area contributed by atoms with Crippen LogP contribution in [0.5, 0.6) is 5.75 Å². The van der Waals surface area contributed by atoms with Gasteiger partial charge in [0.2, 0.25) is 0 Å². The summed E-state index contributed by atoms with van der Waals surface area (Å²) in [6, 6.07) is 7.49. The van der Waals surface area contributed by atoms with Crippen LogP contribution in [0.4, 0.5) is 0 Å². The zero-order valence-electron chi connectivity index (χ0n) is 10.9. The summed E-state index contributed by atoms with van der Waals surface area (Å²) in [4.78, 5) is 21.6. The Balaban J connectivity index is 2.39. The van der Waals surface area contributed by atoms with Crippen molar-refractivity contribution in [3.8, 4) is 5.75 Å². The zero-order chi connectivity index (χ0) is 13.2. The smallest absolute Gasteiger partial charge is 0.311 e. The second kappa shape index (κ2) is 8.45. The fourth-order valence-electron chi connectivity index (χ4n) is 1.62. The second-order valence-corrected chi connectivity index (χ2v) is 4.28. The van der Waals surface area contributed by atoms with Crippen molar-refractivity contribution >= 4 is 12.3 Å². The molecule has 0 aromatic heterocycles. The molecule has 0 aliphatic rings. The average Bonchev–Trinajstić information content (AvgIpc) is 2.39. The van der Waals surface area contributed by atoms with Crippen molar-refractivity contribution in [3.63, 3.8) is 0 Å². The van der Waals surface area contributed by atoms with E-state index >= 15 is 0 Å². The largest absolute Gasteiger partial charge is 0.427 e. The Morgan fingerprint density at radius 2 is 1.94 bits per heavy atom. The lowest BCUT2D eigenvalue weighted by molar-refractivity contribution is -0.134. The van der Waals surface area contributed by atoms with Gasteiger partial charge in [0.25, 0.3) is 0 Å². The number of aryl methyl sites for hydroxylation is 1. The van der Waals surface area contributed by atoms with Crippen LogP contribution < -0.4 is 4.74 Å². The lowest BCUT2D eigenvalue weighted by Gasteiger charge is -2.05. The molecule has 98 valence electrons. The highest BCUT2D eigenvalue weighted by atomic mass is 16.5. The van der Waals surface area contributed by atoms with Crippen LogP contribution in [0.2, 0.25) is 0 Å². The number of esters is 1. The summed E-state index contributed by atoms with van der Waals surface area (Å²) in [6.07, 6.45) is 5.59. The van der Waals surface area contributed by atoms with Gasteiger partial charge in [0.15, 0.2) is 0 Å². The fraction of sp³-hybridized carbons (Fsp3) is 0.467. The number of carbonyl (C=O) groups excluding carboxylic acids is 2. The quantitative estimate of drug-likeness (QED) is 0.307. The molecule has 0 unspecified atom stereocenters. The first-order valence-corrected chi connectivity index (χ1v) is 6.49. The Kier molecular flexibility index (Phi) is 6.77. The van der Waals surface area contributed by atoms with Crippen LogP contribution >= 0.6 is 0 Å². The molecule has 1 rings (SSSR count). The lowest BCUT2D eigenvalue weighted by Crippen LogP contribution is -2.07. The summed E-state index contributed by atoms with van der Waals surface area (Å²) in [5.41, 5.74) is 1.16. The van der Waals surface area contributed by atoms with E-state index in [2.05, 4.69) is 0 Å². The maximum absolute atomic E-state index is 11.4. The molecule has 0 bridgehead atoms. The van der Waals surface area contributed by atoms with Crippen molar-refractivity contribution in [1.29, 1.82) is 0 Å². The Morgan fingerprint density at radius 1 is 1.22 bits per heavy atom. The van der Waals surface area contributed by atoms with Crippen LogP contribution in [-0.2, 0) is 16.0 Å². The van der Waals surface area contributed by atoms with Gasteiger partial charge >= 0.3 is 5.97 Å². The Hall–Kier alpha value is -1.64. The van der Waals surface area contributed by atoms with Crippen molar-refractivity contribution in [2.24, 2.45) is 0 Å². The molecule has 1 aromatic carbocycles. The van der Waals surface area contributed by atoms with Crippen LogP contribution in [-0.4, -0.2) is 12.3 Å². The molecule has 0 atom stereocenters. The van der Waals surface area contributed by atoms with Crippen LogP contribution in [0.3, 0.4) is 0 Å². The molecule has 3 nitrogen and oxygen atoms in total. The third kappa shape index (κ3) is 5.62. The monoisotopic (exact) mass is 248 g/mol. The van der Waals surface area contributed by atoms with E-state index in [4.69, 9.17) is 4.74 Å². The van der Waals surface area contributed by atoms with Crippen molar-refractivity contribution in [2.75, 3.05) is 0 Å². The van der Waals surface area contributed by atoms with Crippen molar-refractivity contribution < 1.29 is 14.3 Å². The lowest BCUT2D eigenvalue weighted by atomic mass is 10.1. The van der Waals surface area contributed by atoms with E-state index in [9.17, 15) is 9.59 Å². The van der Waals surface area contributed by atoms with Crippen LogP contribution in [0.25, 0.3) is 0 Å². The molecule has 0 amide bonds. The molecule has 0 aliphatic carbocycles. The highest BCUT2D eigenvalue weighted by Gasteiger charge is 2.03. The molecule has 0 spiro atoms. The molecule has 0 heterocycles. The molecule has 0 saturated heterocycles. The van der Waals surface area contributed by atoms with Crippen molar-refractivity contribution in [1.82, 2.24) is 0 Å². The molecular formula is C15H20O3. The SMILES string of the molecule is CCCCC(=O)Oc1ccc(CCCC=O)cc1. The van der Waals surface area contributed by atoms with Gasteiger partial charge in [0, 0.05) is 12.8 Å². The normalized spacial score (nSPS) is 10.1. The first-order valence-electron chi connectivity index (χ1n) is 6.49. The number of hydrogen-bond donors (Lipinski definition) is 0. The van der Waals surface area contributed by atoms with E-state index in [1.165, 1.54) is 0 Å². The molecule has 0 N–H and O–H groups in total. The minimum Gasteiger partial charge on any atom is -0.427 e. The standard InChI is InChI=1S/C15H20O3/c1-2-3-7-15(17)18-14-10-8-13(9-11-14)6-4-5-12-16/h8-12H,2-7H2,1H3. The van der Waals surface area contributed by atoms with Crippen LogP contribution in [0, 0.1) is 0 Å². The molecule has 0 radical (unpaired) electrons. The third-order valence-corrected chi connectivity index (χ3v) is 2.68. The molecule has 18 heavy (non-hydrogen) atoms. The Labute approximate surface area is 108 Å². The van der Waals surface area contributed by atoms with E-state index < -0.39 is 0 Å². The van der Waals surface area contributed by atoms with Gasteiger partial charge in [-0.1, -0.05) is 25.5 Å². The minimum atomic E-state index is -0.175.